The number of hydrogen-bond acceptors (Lipinski definition) is 4. The molecule has 0 bridgehead atoms. The number of thioether (sulfide) groups is 1. The number of nitrogens with one attached hydrogen (secondary N) is 1. The Labute approximate surface area is 151 Å². The summed E-state index contributed by atoms with van der Waals surface area (Å²) in [6, 6.07) is 11.9. The van der Waals surface area contributed by atoms with Crippen LogP contribution in [-0.4, -0.2) is 36.7 Å². The van der Waals surface area contributed by atoms with Crippen molar-refractivity contribution in [3.63, 3.8) is 0 Å². The summed E-state index contributed by atoms with van der Waals surface area (Å²) >= 11 is 9.13. The van der Waals surface area contributed by atoms with Crippen LogP contribution < -0.4 is 5.32 Å². The standard InChI is InChI=1S/C17H21ClN2OS2/c1-12(23-14-8-6-13(18)7-9-14)17(21)19-11-15(20(2)3)16-5-4-10-22-16/h4-10,12,15H,11H2,1-3H3,(H,19,21)/t12-,15-/m1/s1. The quantitative estimate of drug-likeness (QED) is 0.739. The number of benzene rings is 1. The molecule has 0 saturated heterocycles. The zero-order chi connectivity index (χ0) is 16.8. The van der Waals surface area contributed by atoms with Crippen molar-refractivity contribution in [3.05, 3.63) is 51.7 Å². The van der Waals surface area contributed by atoms with Crippen LogP contribution in [0.1, 0.15) is 17.8 Å². The third-order valence-electron chi connectivity index (χ3n) is 3.46. The average molecular weight is 369 g/mol. The first-order valence-corrected chi connectivity index (χ1v) is 9.51. The van der Waals surface area contributed by atoms with E-state index in [9.17, 15) is 4.79 Å². The van der Waals surface area contributed by atoms with E-state index in [2.05, 4.69) is 21.7 Å². The Hall–Kier alpha value is -1.01. The van der Waals surface area contributed by atoms with Crippen molar-refractivity contribution in [1.82, 2.24) is 10.2 Å². The molecule has 1 amide bonds. The van der Waals surface area contributed by atoms with Crippen molar-refractivity contribution < 1.29 is 4.79 Å². The van der Waals surface area contributed by atoms with Crippen molar-refractivity contribution >= 4 is 40.6 Å². The van der Waals surface area contributed by atoms with Crippen LogP contribution >= 0.6 is 34.7 Å². The second kappa shape index (κ2) is 8.73. The van der Waals surface area contributed by atoms with Crippen molar-refractivity contribution in [3.8, 4) is 0 Å². The van der Waals surface area contributed by atoms with Gasteiger partial charge in [-0.1, -0.05) is 17.7 Å². The Morgan fingerprint density at radius 1 is 1.30 bits per heavy atom. The number of carbonyl (C=O) groups is 1. The van der Waals surface area contributed by atoms with Gasteiger partial charge < -0.3 is 10.2 Å². The van der Waals surface area contributed by atoms with Gasteiger partial charge >= 0.3 is 0 Å². The average Bonchev–Trinajstić information content (AvgIpc) is 3.03. The van der Waals surface area contributed by atoms with Crippen molar-refractivity contribution in [2.75, 3.05) is 20.6 Å². The van der Waals surface area contributed by atoms with Gasteiger partial charge in [0.05, 0.1) is 11.3 Å². The summed E-state index contributed by atoms with van der Waals surface area (Å²) in [5.74, 6) is 0.0494. The first kappa shape index (κ1) is 18.3. The SMILES string of the molecule is C[C@@H](Sc1ccc(Cl)cc1)C(=O)NC[C@H](c1cccs1)N(C)C. The van der Waals surface area contributed by atoms with E-state index in [0.717, 1.165) is 4.90 Å². The molecular formula is C17H21ClN2OS2. The summed E-state index contributed by atoms with van der Waals surface area (Å²) in [6.45, 7) is 2.53. The van der Waals surface area contributed by atoms with Gasteiger partial charge in [-0.25, -0.2) is 0 Å². The molecule has 0 fully saturated rings. The first-order chi connectivity index (χ1) is 11.0. The maximum atomic E-state index is 12.3. The molecule has 0 aliphatic heterocycles. The number of halogens is 1. The normalized spacial score (nSPS) is 13.8. The monoisotopic (exact) mass is 368 g/mol. The van der Waals surface area contributed by atoms with Crippen LogP contribution in [0, 0.1) is 0 Å². The van der Waals surface area contributed by atoms with Gasteiger partial charge in [0.15, 0.2) is 0 Å². The van der Waals surface area contributed by atoms with Gasteiger partial charge in [-0.3, -0.25) is 4.79 Å². The fraction of sp³-hybridized carbons (Fsp3) is 0.353. The van der Waals surface area contributed by atoms with Gasteiger partial charge in [-0.15, -0.1) is 23.1 Å². The predicted molar refractivity (Wildman–Crippen MR) is 101 cm³/mol. The topological polar surface area (TPSA) is 32.3 Å². The Bertz CT molecular complexity index is 614. The Kier molecular flexibility index (Phi) is 6.96. The predicted octanol–water partition coefficient (Wildman–Crippen LogP) is 4.30. The molecule has 0 aliphatic carbocycles. The lowest BCUT2D eigenvalue weighted by Crippen LogP contribution is -2.37. The van der Waals surface area contributed by atoms with E-state index in [0.29, 0.717) is 11.6 Å². The third kappa shape index (κ3) is 5.53. The molecule has 6 heteroatoms. The molecular weight excluding hydrogens is 348 g/mol. The number of nitrogens with zero attached hydrogens (tertiary/aromatic N) is 1. The highest BCUT2D eigenvalue weighted by Crippen LogP contribution is 2.25. The first-order valence-electron chi connectivity index (χ1n) is 7.37. The van der Waals surface area contributed by atoms with E-state index < -0.39 is 0 Å². The summed E-state index contributed by atoms with van der Waals surface area (Å²) in [4.78, 5) is 16.8. The molecule has 3 nitrogen and oxygen atoms in total. The van der Waals surface area contributed by atoms with Crippen LogP contribution in [0.25, 0.3) is 0 Å². The third-order valence-corrected chi connectivity index (χ3v) is 5.80. The number of carbonyl (C=O) groups excluding carboxylic acids is 1. The van der Waals surface area contributed by atoms with Crippen LogP contribution in [0.5, 0.6) is 0 Å². The number of rotatable bonds is 7. The molecule has 1 heterocycles. The van der Waals surface area contributed by atoms with E-state index in [1.165, 1.54) is 16.6 Å². The lowest BCUT2D eigenvalue weighted by molar-refractivity contribution is -0.120. The minimum Gasteiger partial charge on any atom is -0.353 e. The van der Waals surface area contributed by atoms with Gasteiger partial charge in [-0.05, 0) is 56.7 Å². The summed E-state index contributed by atoms with van der Waals surface area (Å²) in [5.41, 5.74) is 0. The van der Waals surface area contributed by atoms with Gasteiger partial charge in [0.2, 0.25) is 5.91 Å². The highest BCUT2D eigenvalue weighted by atomic mass is 35.5. The Balaban J connectivity index is 1.88. The molecule has 1 aromatic carbocycles. The van der Waals surface area contributed by atoms with Crippen LogP contribution in [0.3, 0.4) is 0 Å². The smallest absolute Gasteiger partial charge is 0.233 e. The van der Waals surface area contributed by atoms with E-state index in [1.807, 2.05) is 51.4 Å². The maximum absolute atomic E-state index is 12.3. The van der Waals surface area contributed by atoms with Gasteiger partial charge in [0.25, 0.3) is 0 Å². The summed E-state index contributed by atoms with van der Waals surface area (Å²) in [7, 11) is 4.06. The minimum absolute atomic E-state index is 0.0494. The Morgan fingerprint density at radius 2 is 2.00 bits per heavy atom. The van der Waals surface area contributed by atoms with E-state index in [4.69, 9.17) is 11.6 Å². The van der Waals surface area contributed by atoms with Crippen LogP contribution in [-0.2, 0) is 4.79 Å². The summed E-state index contributed by atoms with van der Waals surface area (Å²) in [5, 5.41) is 5.68. The second-order valence-electron chi connectivity index (χ2n) is 5.45. The maximum Gasteiger partial charge on any atom is 0.233 e. The van der Waals surface area contributed by atoms with Crippen molar-refractivity contribution in [2.24, 2.45) is 0 Å². The molecule has 0 saturated carbocycles. The largest absolute Gasteiger partial charge is 0.353 e. The van der Waals surface area contributed by atoms with E-state index in [1.54, 1.807) is 11.3 Å². The number of thiophene rings is 1. The van der Waals surface area contributed by atoms with E-state index in [-0.39, 0.29) is 17.2 Å². The summed E-state index contributed by atoms with van der Waals surface area (Å²) < 4.78 is 0. The Morgan fingerprint density at radius 3 is 2.57 bits per heavy atom. The fourth-order valence-electron chi connectivity index (χ4n) is 2.13. The molecule has 0 radical (unpaired) electrons. The molecule has 2 atom stereocenters. The molecule has 0 spiro atoms. The van der Waals surface area contributed by atoms with Crippen molar-refractivity contribution in [2.45, 2.75) is 23.1 Å². The fourth-order valence-corrected chi connectivity index (χ4v) is 4.07. The number of amides is 1. The van der Waals surface area contributed by atoms with Gasteiger partial charge in [-0.2, -0.15) is 0 Å². The second-order valence-corrected chi connectivity index (χ2v) is 8.28. The van der Waals surface area contributed by atoms with Crippen molar-refractivity contribution in [1.29, 1.82) is 0 Å². The molecule has 0 unspecified atom stereocenters. The molecule has 2 aromatic rings. The molecule has 1 aromatic heterocycles. The van der Waals surface area contributed by atoms with Crippen LogP contribution in [0.4, 0.5) is 0 Å². The highest BCUT2D eigenvalue weighted by molar-refractivity contribution is 8.00. The lowest BCUT2D eigenvalue weighted by atomic mass is 10.2. The lowest BCUT2D eigenvalue weighted by Gasteiger charge is -2.24. The zero-order valence-corrected chi connectivity index (χ0v) is 15.8. The zero-order valence-electron chi connectivity index (χ0n) is 13.5. The summed E-state index contributed by atoms with van der Waals surface area (Å²) in [6.07, 6.45) is 0. The van der Waals surface area contributed by atoms with Crippen LogP contribution in [0.15, 0.2) is 46.7 Å². The minimum atomic E-state index is -0.151. The number of likely N-dealkylation sites (N-methyl/N-ethyl adjacent to an activating group) is 1. The van der Waals surface area contributed by atoms with Gasteiger partial charge in [0, 0.05) is 21.3 Å². The molecule has 1 N–H and O–H groups in total. The molecule has 2 rings (SSSR count). The van der Waals surface area contributed by atoms with Gasteiger partial charge in [0.1, 0.15) is 0 Å². The molecule has 0 aliphatic rings. The highest BCUT2D eigenvalue weighted by Gasteiger charge is 2.19. The molecule has 124 valence electrons. The van der Waals surface area contributed by atoms with E-state index >= 15 is 0 Å². The molecule has 23 heavy (non-hydrogen) atoms. The van der Waals surface area contributed by atoms with Crippen LogP contribution in [0.2, 0.25) is 5.02 Å². The number of hydrogen-bond donors (Lipinski definition) is 1.